The van der Waals surface area contributed by atoms with Crippen molar-refractivity contribution in [3.63, 3.8) is 0 Å². The highest BCUT2D eigenvalue weighted by molar-refractivity contribution is 7.27. The number of unbranched alkanes of at least 4 members (excludes halogenated alkanes) is 2. The minimum atomic E-state index is 0.0911. The van der Waals surface area contributed by atoms with Gasteiger partial charge in [0.2, 0.25) is 0 Å². The number of rotatable bonds is 10. The van der Waals surface area contributed by atoms with E-state index in [1.807, 2.05) is 30.3 Å². The molecule has 0 aliphatic rings. The predicted molar refractivity (Wildman–Crippen MR) is 148 cm³/mol. The molecule has 0 saturated heterocycles. The van der Waals surface area contributed by atoms with Crippen LogP contribution in [0, 0.1) is 40.6 Å². The van der Waals surface area contributed by atoms with Crippen LogP contribution in [0.1, 0.15) is 60.4 Å². The third-order valence-electron chi connectivity index (χ3n) is 5.42. The average Bonchev–Trinajstić information content (AvgIpc) is 3.61. The quantitative estimate of drug-likeness (QED) is 0.201. The molecule has 0 aliphatic carbocycles. The van der Waals surface area contributed by atoms with E-state index in [-0.39, 0.29) is 11.3 Å². The van der Waals surface area contributed by atoms with E-state index < -0.39 is 0 Å². The van der Waals surface area contributed by atoms with E-state index in [4.69, 9.17) is 22.4 Å². The maximum Gasteiger partial charge on any atom is 0.263 e. The van der Waals surface area contributed by atoms with Crippen LogP contribution in [0.5, 0.6) is 0 Å². The highest BCUT2D eigenvalue weighted by Gasteiger charge is 2.22. The van der Waals surface area contributed by atoms with Gasteiger partial charge in [0.1, 0.15) is 17.7 Å². The number of nitrogens with zero attached hydrogens (tertiary/aromatic N) is 4. The summed E-state index contributed by atoms with van der Waals surface area (Å²) in [5.41, 5.74) is 3.01. The maximum atomic E-state index is 9.12. The van der Waals surface area contributed by atoms with Crippen LogP contribution < -0.4 is 0 Å². The Balaban J connectivity index is 2.14. The smallest absolute Gasteiger partial charge is 0.227 e. The molecule has 3 aromatic rings. The van der Waals surface area contributed by atoms with E-state index in [0.29, 0.717) is 0 Å². The van der Waals surface area contributed by atoms with Crippen molar-refractivity contribution in [2.24, 2.45) is 0 Å². The van der Waals surface area contributed by atoms with Gasteiger partial charge < -0.3 is 0 Å². The minimum absolute atomic E-state index is 0.0911. The van der Waals surface area contributed by atoms with Crippen molar-refractivity contribution in [2.45, 2.75) is 52.4 Å². The van der Waals surface area contributed by atoms with Gasteiger partial charge in [-0.2, -0.15) is 10.5 Å². The molecule has 3 heterocycles. The molecule has 0 unspecified atom stereocenters. The van der Waals surface area contributed by atoms with Gasteiger partial charge in [0.15, 0.2) is 0 Å². The molecule has 0 saturated carbocycles. The second-order valence-corrected chi connectivity index (χ2v) is 11.1. The fourth-order valence-corrected chi connectivity index (χ4v) is 7.26. The Bertz CT molecular complexity index is 1280. The highest BCUT2D eigenvalue weighted by atomic mass is 32.1. The van der Waals surface area contributed by atoms with Crippen LogP contribution in [0.4, 0.5) is 0 Å². The minimum Gasteiger partial charge on any atom is -0.227 e. The summed E-state index contributed by atoms with van der Waals surface area (Å²) in [6.07, 6.45) is 9.79. The summed E-state index contributed by atoms with van der Waals surface area (Å²) in [6, 6.07) is 14.0. The Labute approximate surface area is 219 Å². The standard InChI is InChI=1S/C28H24N4S3/c1-4-6-8-23-24(9-7-5-2)28(26-13-11-22(34-26)15-20(18-31)32-3)35-27(23)25-12-10-21(33-25)14-19(16-29)17-30/h10-15H,4-9H2,1-2H3/b20-15+. The summed E-state index contributed by atoms with van der Waals surface area (Å²) in [7, 11) is 0. The molecule has 4 nitrogen and oxygen atoms in total. The third kappa shape index (κ3) is 6.36. The molecule has 0 bridgehead atoms. The summed E-state index contributed by atoms with van der Waals surface area (Å²) in [6.45, 7) is 11.6. The Morgan fingerprint density at radius 3 is 1.74 bits per heavy atom. The van der Waals surface area contributed by atoms with Crippen LogP contribution in [0.2, 0.25) is 0 Å². The van der Waals surface area contributed by atoms with E-state index in [9.17, 15) is 0 Å². The first-order valence-corrected chi connectivity index (χ1v) is 13.9. The van der Waals surface area contributed by atoms with Crippen molar-refractivity contribution in [3.05, 3.63) is 67.8 Å². The van der Waals surface area contributed by atoms with Crippen LogP contribution in [0.15, 0.2) is 35.5 Å². The third-order valence-corrected chi connectivity index (χ3v) is 9.12. The highest BCUT2D eigenvalue weighted by Crippen LogP contribution is 2.47. The lowest BCUT2D eigenvalue weighted by Gasteiger charge is -2.08. The van der Waals surface area contributed by atoms with Crippen LogP contribution in [0.3, 0.4) is 0 Å². The molecule has 0 atom stereocenters. The fraction of sp³-hybridized carbons (Fsp3) is 0.286. The van der Waals surface area contributed by atoms with Crippen LogP contribution in [0.25, 0.3) is 36.5 Å². The van der Waals surface area contributed by atoms with Crippen molar-refractivity contribution in [2.75, 3.05) is 0 Å². The van der Waals surface area contributed by atoms with E-state index in [2.05, 4.69) is 30.8 Å². The van der Waals surface area contributed by atoms with Gasteiger partial charge in [-0.05, 0) is 73.2 Å². The van der Waals surface area contributed by atoms with Crippen LogP contribution in [-0.2, 0) is 12.8 Å². The van der Waals surface area contributed by atoms with Gasteiger partial charge in [0.25, 0.3) is 5.70 Å². The summed E-state index contributed by atoms with van der Waals surface area (Å²) in [5.74, 6) is 0. The van der Waals surface area contributed by atoms with E-state index in [0.717, 1.165) is 58.0 Å². The second-order valence-electron chi connectivity index (χ2n) is 7.86. The first-order chi connectivity index (χ1) is 17.1. The van der Waals surface area contributed by atoms with Crippen molar-refractivity contribution in [1.29, 1.82) is 15.8 Å². The number of thiophene rings is 3. The van der Waals surface area contributed by atoms with Gasteiger partial charge in [-0.3, -0.25) is 0 Å². The molecule has 7 heteroatoms. The zero-order valence-corrected chi connectivity index (χ0v) is 22.2. The van der Waals surface area contributed by atoms with Gasteiger partial charge in [0, 0.05) is 29.3 Å². The zero-order chi connectivity index (χ0) is 25.2. The molecule has 0 amide bonds. The molecule has 0 aliphatic heterocycles. The topological polar surface area (TPSA) is 75.7 Å². The molecule has 0 aromatic carbocycles. The lowest BCUT2D eigenvalue weighted by Crippen LogP contribution is -1.94. The predicted octanol–water partition coefficient (Wildman–Crippen LogP) is 9.10. The van der Waals surface area contributed by atoms with Gasteiger partial charge in [-0.1, -0.05) is 26.7 Å². The van der Waals surface area contributed by atoms with E-state index in [1.54, 1.807) is 46.2 Å². The van der Waals surface area contributed by atoms with E-state index in [1.165, 1.54) is 20.9 Å². The van der Waals surface area contributed by atoms with Crippen molar-refractivity contribution >= 4 is 46.2 Å². The summed E-state index contributed by atoms with van der Waals surface area (Å²) >= 11 is 5.03. The molecule has 3 aromatic heterocycles. The Hall–Kier alpha value is -3.46. The van der Waals surface area contributed by atoms with Crippen LogP contribution >= 0.6 is 34.0 Å². The molecule has 35 heavy (non-hydrogen) atoms. The Morgan fingerprint density at radius 1 is 0.800 bits per heavy atom. The number of hydrogen-bond acceptors (Lipinski definition) is 6. The van der Waals surface area contributed by atoms with Crippen molar-refractivity contribution < 1.29 is 0 Å². The summed E-state index contributed by atoms with van der Waals surface area (Å²) in [4.78, 5) is 9.94. The molecule has 0 N–H and O–H groups in total. The number of allylic oxidation sites excluding steroid dienone is 2. The molecule has 0 spiro atoms. The lowest BCUT2D eigenvalue weighted by molar-refractivity contribution is 0.764. The second kappa shape index (κ2) is 12.9. The largest absolute Gasteiger partial charge is 0.263 e. The van der Waals surface area contributed by atoms with E-state index >= 15 is 0 Å². The molecule has 0 fully saturated rings. The molecular formula is C28H24N4S3. The molecule has 3 rings (SSSR count). The summed E-state index contributed by atoms with van der Waals surface area (Å²) in [5, 5.41) is 27.4. The number of nitriles is 3. The average molecular weight is 513 g/mol. The van der Waals surface area contributed by atoms with Gasteiger partial charge in [-0.15, -0.1) is 34.0 Å². The van der Waals surface area contributed by atoms with Gasteiger partial charge >= 0.3 is 0 Å². The molecule has 174 valence electrons. The first-order valence-electron chi connectivity index (χ1n) is 11.4. The molecular weight excluding hydrogens is 489 g/mol. The normalized spacial score (nSPS) is 10.7. The zero-order valence-electron chi connectivity index (χ0n) is 19.7. The van der Waals surface area contributed by atoms with Crippen molar-refractivity contribution in [3.8, 4) is 37.7 Å². The first kappa shape index (κ1) is 26.2. The van der Waals surface area contributed by atoms with Crippen LogP contribution in [-0.4, -0.2) is 0 Å². The SMILES string of the molecule is [C-]#[N+]/C(C#N)=C/c1ccc(-c2sc(-c3ccc(C=C(C#N)C#N)s3)c(CCCC)c2CCCC)s1. The summed E-state index contributed by atoms with van der Waals surface area (Å²) < 4.78 is 0. The maximum absolute atomic E-state index is 9.12. The number of hydrogen-bond donors (Lipinski definition) is 0. The lowest BCUT2D eigenvalue weighted by atomic mass is 9.97. The molecule has 0 radical (unpaired) electrons. The monoisotopic (exact) mass is 512 g/mol. The van der Waals surface area contributed by atoms with Gasteiger partial charge in [-0.25, -0.2) is 10.1 Å². The fourth-order valence-electron chi connectivity index (χ4n) is 3.69. The van der Waals surface area contributed by atoms with Gasteiger partial charge in [0.05, 0.1) is 12.6 Å². The van der Waals surface area contributed by atoms with Crippen molar-refractivity contribution in [1.82, 2.24) is 0 Å². The Kier molecular flexibility index (Phi) is 9.60. The Morgan fingerprint density at radius 2 is 1.31 bits per heavy atom.